The quantitative estimate of drug-likeness (QED) is 0.825. The van der Waals surface area contributed by atoms with Gasteiger partial charge < -0.3 is 10.2 Å². The van der Waals surface area contributed by atoms with Crippen LogP contribution in [0.5, 0.6) is 0 Å². The lowest BCUT2D eigenvalue weighted by Gasteiger charge is -2.07. The molecular weight excluding hydrogens is 218 g/mol. The Balaban J connectivity index is 2.55. The van der Waals surface area contributed by atoms with Gasteiger partial charge in [-0.25, -0.2) is 4.68 Å². The maximum atomic E-state index is 9.31. The summed E-state index contributed by atoms with van der Waals surface area (Å²) in [5.74, 6) is 0. The Bertz CT molecular complexity index is 514. The van der Waals surface area contributed by atoms with Gasteiger partial charge in [-0.2, -0.15) is 0 Å². The molecule has 0 saturated heterocycles. The highest BCUT2D eigenvalue weighted by Gasteiger charge is 2.12. The number of rotatable bonds is 3. The first-order chi connectivity index (χ1) is 8.15. The van der Waals surface area contributed by atoms with Gasteiger partial charge in [-0.05, 0) is 37.1 Å². The van der Waals surface area contributed by atoms with Crippen molar-refractivity contribution in [3.63, 3.8) is 0 Å². The van der Waals surface area contributed by atoms with E-state index in [0.29, 0.717) is 11.4 Å². The van der Waals surface area contributed by atoms with Crippen LogP contribution in [0.1, 0.15) is 22.5 Å². The van der Waals surface area contributed by atoms with Gasteiger partial charge in [0.1, 0.15) is 5.69 Å². The molecule has 1 aromatic carbocycles. The molecule has 17 heavy (non-hydrogen) atoms. The molecule has 2 rings (SSSR count). The number of aliphatic hydroxyl groups excluding tert-OH is 2. The zero-order valence-corrected chi connectivity index (χ0v) is 9.88. The van der Waals surface area contributed by atoms with Crippen molar-refractivity contribution >= 4 is 0 Å². The molecule has 0 aliphatic carbocycles. The summed E-state index contributed by atoms with van der Waals surface area (Å²) in [7, 11) is 0. The van der Waals surface area contributed by atoms with Crippen LogP contribution in [0.2, 0.25) is 0 Å². The summed E-state index contributed by atoms with van der Waals surface area (Å²) in [6.45, 7) is 3.58. The Morgan fingerprint density at radius 1 is 1.06 bits per heavy atom. The minimum Gasteiger partial charge on any atom is -0.390 e. The van der Waals surface area contributed by atoms with E-state index < -0.39 is 0 Å². The molecule has 1 heterocycles. The minimum absolute atomic E-state index is 0.199. The highest BCUT2D eigenvalue weighted by Crippen LogP contribution is 2.16. The van der Waals surface area contributed by atoms with Gasteiger partial charge in [-0.15, -0.1) is 5.10 Å². The van der Waals surface area contributed by atoms with Crippen molar-refractivity contribution in [3.05, 3.63) is 40.7 Å². The molecule has 5 heteroatoms. The lowest BCUT2D eigenvalue weighted by atomic mass is 10.1. The second-order valence-electron chi connectivity index (χ2n) is 4.06. The summed E-state index contributed by atoms with van der Waals surface area (Å²) in [6, 6.07) is 5.98. The van der Waals surface area contributed by atoms with Gasteiger partial charge in [-0.3, -0.25) is 0 Å². The Morgan fingerprint density at radius 2 is 1.71 bits per heavy atom. The fraction of sp³-hybridized carbons (Fsp3) is 0.333. The Labute approximate surface area is 99.3 Å². The number of aromatic nitrogens is 3. The van der Waals surface area contributed by atoms with Crippen LogP contribution in [0.4, 0.5) is 0 Å². The summed E-state index contributed by atoms with van der Waals surface area (Å²) < 4.78 is 1.56. The van der Waals surface area contributed by atoms with Gasteiger partial charge >= 0.3 is 0 Å². The highest BCUT2D eigenvalue weighted by molar-refractivity contribution is 5.40. The van der Waals surface area contributed by atoms with Crippen LogP contribution >= 0.6 is 0 Å². The largest absolute Gasteiger partial charge is 0.390 e. The van der Waals surface area contributed by atoms with Crippen molar-refractivity contribution in [2.24, 2.45) is 0 Å². The SMILES string of the molecule is Cc1cc(C)cc(-n2nnc(CO)c2CO)c1. The van der Waals surface area contributed by atoms with Gasteiger partial charge in [0.05, 0.1) is 24.6 Å². The first kappa shape index (κ1) is 11.8. The van der Waals surface area contributed by atoms with Crippen molar-refractivity contribution in [2.75, 3.05) is 0 Å². The van der Waals surface area contributed by atoms with E-state index in [2.05, 4.69) is 16.4 Å². The van der Waals surface area contributed by atoms with Gasteiger partial charge in [0.2, 0.25) is 0 Å². The average Bonchev–Trinajstić information content (AvgIpc) is 2.70. The molecule has 5 nitrogen and oxygen atoms in total. The summed E-state index contributed by atoms with van der Waals surface area (Å²) in [5, 5.41) is 26.2. The van der Waals surface area contributed by atoms with Crippen LogP contribution in [0, 0.1) is 13.8 Å². The average molecular weight is 233 g/mol. The third kappa shape index (κ3) is 2.20. The molecule has 0 bridgehead atoms. The van der Waals surface area contributed by atoms with E-state index in [9.17, 15) is 5.11 Å². The van der Waals surface area contributed by atoms with Gasteiger partial charge in [0.15, 0.2) is 0 Å². The topological polar surface area (TPSA) is 71.2 Å². The molecule has 2 N–H and O–H groups in total. The summed E-state index contributed by atoms with van der Waals surface area (Å²) in [6.07, 6.45) is 0. The maximum absolute atomic E-state index is 9.31. The van der Waals surface area contributed by atoms with Crippen molar-refractivity contribution < 1.29 is 10.2 Å². The van der Waals surface area contributed by atoms with Crippen LogP contribution in [0.15, 0.2) is 18.2 Å². The van der Waals surface area contributed by atoms with E-state index in [1.165, 1.54) is 0 Å². The summed E-state index contributed by atoms with van der Waals surface area (Å²) in [5.41, 5.74) is 4.01. The zero-order valence-electron chi connectivity index (χ0n) is 9.88. The van der Waals surface area contributed by atoms with E-state index >= 15 is 0 Å². The molecule has 0 unspecified atom stereocenters. The second kappa shape index (κ2) is 4.65. The van der Waals surface area contributed by atoms with Crippen molar-refractivity contribution in [1.82, 2.24) is 15.0 Å². The molecule has 0 spiro atoms. The third-order valence-electron chi connectivity index (χ3n) is 2.59. The second-order valence-corrected chi connectivity index (χ2v) is 4.06. The predicted octanol–water partition coefficient (Wildman–Crippen LogP) is 0.869. The fourth-order valence-electron chi connectivity index (χ4n) is 1.89. The summed E-state index contributed by atoms with van der Waals surface area (Å²) >= 11 is 0. The molecule has 1 aromatic heterocycles. The molecule has 0 fully saturated rings. The highest BCUT2D eigenvalue weighted by atomic mass is 16.3. The Hall–Kier alpha value is -1.72. The lowest BCUT2D eigenvalue weighted by Crippen LogP contribution is -2.04. The van der Waals surface area contributed by atoms with Crippen molar-refractivity contribution in [2.45, 2.75) is 27.1 Å². The van der Waals surface area contributed by atoms with Crippen LogP contribution in [0.3, 0.4) is 0 Å². The number of hydrogen-bond donors (Lipinski definition) is 2. The van der Waals surface area contributed by atoms with Gasteiger partial charge in [0.25, 0.3) is 0 Å². The van der Waals surface area contributed by atoms with Crippen molar-refractivity contribution in [1.29, 1.82) is 0 Å². The fourth-order valence-corrected chi connectivity index (χ4v) is 1.89. The number of aliphatic hydroxyl groups is 2. The van der Waals surface area contributed by atoms with Gasteiger partial charge in [0, 0.05) is 0 Å². The van der Waals surface area contributed by atoms with E-state index in [4.69, 9.17) is 5.11 Å². The number of aryl methyl sites for hydroxylation is 2. The van der Waals surface area contributed by atoms with E-state index in [1.54, 1.807) is 4.68 Å². The van der Waals surface area contributed by atoms with E-state index in [-0.39, 0.29) is 13.2 Å². The molecule has 2 aromatic rings. The van der Waals surface area contributed by atoms with Crippen molar-refractivity contribution in [3.8, 4) is 5.69 Å². The van der Waals surface area contributed by atoms with Crippen LogP contribution < -0.4 is 0 Å². The molecule has 0 aliphatic rings. The third-order valence-corrected chi connectivity index (χ3v) is 2.59. The van der Waals surface area contributed by atoms with Gasteiger partial charge in [-0.1, -0.05) is 11.3 Å². The zero-order chi connectivity index (χ0) is 12.4. The Kier molecular flexibility index (Phi) is 3.21. The Morgan fingerprint density at radius 3 is 2.24 bits per heavy atom. The maximum Gasteiger partial charge on any atom is 0.114 e. The molecule has 0 amide bonds. The number of nitrogens with zero attached hydrogens (tertiary/aromatic N) is 3. The van der Waals surface area contributed by atoms with E-state index in [0.717, 1.165) is 16.8 Å². The standard InChI is InChI=1S/C12H15N3O2/c1-8-3-9(2)5-10(4-8)15-12(7-17)11(6-16)13-14-15/h3-5,16-17H,6-7H2,1-2H3. The van der Waals surface area contributed by atoms with Crippen LogP contribution in [0.25, 0.3) is 5.69 Å². The normalized spacial score (nSPS) is 10.8. The molecular formula is C12H15N3O2. The molecule has 0 aliphatic heterocycles. The lowest BCUT2D eigenvalue weighted by molar-refractivity contribution is 0.253. The monoisotopic (exact) mass is 233 g/mol. The number of hydrogen-bond acceptors (Lipinski definition) is 4. The first-order valence-corrected chi connectivity index (χ1v) is 5.39. The summed E-state index contributed by atoms with van der Waals surface area (Å²) in [4.78, 5) is 0. The molecule has 0 atom stereocenters. The van der Waals surface area contributed by atoms with Crippen LogP contribution in [-0.2, 0) is 13.2 Å². The molecule has 0 saturated carbocycles. The molecule has 0 radical (unpaired) electrons. The minimum atomic E-state index is -0.222. The van der Waals surface area contributed by atoms with E-state index in [1.807, 2.05) is 26.0 Å². The van der Waals surface area contributed by atoms with Crippen LogP contribution in [-0.4, -0.2) is 25.2 Å². The first-order valence-electron chi connectivity index (χ1n) is 5.39. The number of benzene rings is 1. The molecule has 90 valence electrons. The predicted molar refractivity (Wildman–Crippen MR) is 62.7 cm³/mol. The smallest absolute Gasteiger partial charge is 0.114 e.